The van der Waals surface area contributed by atoms with E-state index >= 15 is 0 Å². The van der Waals surface area contributed by atoms with Gasteiger partial charge >= 0.3 is 0 Å². The molecule has 5 rings (SSSR count). The summed E-state index contributed by atoms with van der Waals surface area (Å²) in [6.07, 6.45) is 10.0. The number of benzene rings is 2. The molecule has 4 nitrogen and oxygen atoms in total. The summed E-state index contributed by atoms with van der Waals surface area (Å²) in [4.78, 5) is 29.8. The van der Waals surface area contributed by atoms with Gasteiger partial charge in [0.2, 0.25) is 5.91 Å². The van der Waals surface area contributed by atoms with E-state index in [1.807, 2.05) is 30.3 Å². The number of hydrogen-bond donors (Lipinski definition) is 1. The van der Waals surface area contributed by atoms with Crippen LogP contribution in [0.3, 0.4) is 0 Å². The Bertz CT molecular complexity index is 1020. The van der Waals surface area contributed by atoms with Crippen LogP contribution >= 0.6 is 0 Å². The number of amides is 2. The summed E-state index contributed by atoms with van der Waals surface area (Å²) in [6.45, 7) is 0.453. The fourth-order valence-electron chi connectivity index (χ4n) is 6.60. The van der Waals surface area contributed by atoms with Gasteiger partial charge < -0.3 is 10.2 Å². The Hall–Kier alpha value is -2.69. The molecule has 0 radical (unpaired) electrons. The van der Waals surface area contributed by atoms with Gasteiger partial charge in [0.05, 0.1) is 11.5 Å². The molecular formula is C28H33FN2O2. The number of fused-ring (bicyclic) bond motifs is 1. The lowest BCUT2D eigenvalue weighted by Crippen LogP contribution is -2.63. The second kappa shape index (κ2) is 9.28. The van der Waals surface area contributed by atoms with Crippen LogP contribution in [0.15, 0.2) is 48.5 Å². The van der Waals surface area contributed by atoms with Gasteiger partial charge in [-0.1, -0.05) is 62.4 Å². The predicted molar refractivity (Wildman–Crippen MR) is 127 cm³/mol. The van der Waals surface area contributed by atoms with E-state index in [-0.39, 0.29) is 29.6 Å². The van der Waals surface area contributed by atoms with E-state index in [1.54, 1.807) is 6.07 Å². The molecule has 2 saturated carbocycles. The quantitative estimate of drug-likeness (QED) is 0.669. The Morgan fingerprint density at radius 2 is 1.76 bits per heavy atom. The topological polar surface area (TPSA) is 49.4 Å². The molecule has 2 aliphatic carbocycles. The van der Waals surface area contributed by atoms with E-state index < -0.39 is 5.54 Å². The van der Waals surface area contributed by atoms with Gasteiger partial charge in [-0.3, -0.25) is 9.59 Å². The molecule has 1 unspecified atom stereocenters. The van der Waals surface area contributed by atoms with Crippen molar-refractivity contribution in [3.8, 4) is 0 Å². The molecule has 2 aromatic rings. The van der Waals surface area contributed by atoms with Crippen LogP contribution < -0.4 is 5.32 Å². The number of nitrogens with one attached hydrogen (secondary N) is 1. The van der Waals surface area contributed by atoms with Crippen LogP contribution in [-0.4, -0.2) is 34.8 Å². The average Bonchev–Trinajstić information content (AvgIpc) is 3.29. The molecule has 174 valence electrons. The summed E-state index contributed by atoms with van der Waals surface area (Å²) in [5.74, 6) is -0.507. The summed E-state index contributed by atoms with van der Waals surface area (Å²) >= 11 is 0. The monoisotopic (exact) mass is 448 g/mol. The highest BCUT2D eigenvalue weighted by molar-refractivity contribution is 6.02. The number of nitrogens with zero attached hydrogens (tertiary/aromatic N) is 1. The molecule has 1 aliphatic heterocycles. The Balaban J connectivity index is 1.46. The number of hydrogen-bond acceptors (Lipinski definition) is 2. The molecule has 2 aromatic carbocycles. The molecule has 2 amide bonds. The van der Waals surface area contributed by atoms with Crippen molar-refractivity contribution in [3.63, 3.8) is 0 Å². The van der Waals surface area contributed by atoms with Crippen LogP contribution in [0.25, 0.3) is 0 Å². The van der Waals surface area contributed by atoms with E-state index in [9.17, 15) is 14.0 Å². The Morgan fingerprint density at radius 3 is 2.52 bits per heavy atom. The predicted octanol–water partition coefficient (Wildman–Crippen LogP) is 5.37. The minimum absolute atomic E-state index is 0.00550. The van der Waals surface area contributed by atoms with Gasteiger partial charge in [0, 0.05) is 18.2 Å². The highest BCUT2D eigenvalue weighted by Gasteiger charge is 2.57. The van der Waals surface area contributed by atoms with Gasteiger partial charge in [0.1, 0.15) is 5.82 Å². The van der Waals surface area contributed by atoms with E-state index in [4.69, 9.17) is 0 Å². The Kier molecular flexibility index (Phi) is 6.22. The van der Waals surface area contributed by atoms with Crippen molar-refractivity contribution >= 4 is 11.8 Å². The number of rotatable bonds is 5. The van der Waals surface area contributed by atoms with E-state index in [0.717, 1.165) is 62.5 Å². The third kappa shape index (κ3) is 4.07. The molecule has 1 heterocycles. The SMILES string of the molecule is O=C(NCCc1cccc(F)c1)C1c2ccccc2C(=O)N(C2CCCCC2)C12CCCC2. The Labute approximate surface area is 195 Å². The van der Waals surface area contributed by atoms with Crippen molar-refractivity contribution in [2.75, 3.05) is 6.54 Å². The van der Waals surface area contributed by atoms with Gasteiger partial charge in [-0.05, 0) is 61.4 Å². The second-order valence-electron chi connectivity index (χ2n) is 9.97. The van der Waals surface area contributed by atoms with Crippen LogP contribution in [0.2, 0.25) is 0 Å². The molecule has 33 heavy (non-hydrogen) atoms. The molecule has 1 spiro atoms. The lowest BCUT2D eigenvalue weighted by molar-refractivity contribution is -0.127. The second-order valence-corrected chi connectivity index (χ2v) is 9.97. The maximum atomic E-state index is 13.8. The summed E-state index contributed by atoms with van der Waals surface area (Å²) in [7, 11) is 0. The standard InChI is InChI=1S/C28H33FN2O2/c29-21-10-8-9-20(19-21)15-18-30-26(32)25-23-13-4-5-14-24(23)27(33)31(22-11-2-1-3-12-22)28(25)16-6-7-17-28/h4-5,8-10,13-14,19,22,25H,1-3,6-7,11-12,15-18H2,(H,30,32). The van der Waals surface area contributed by atoms with Crippen molar-refractivity contribution in [3.05, 3.63) is 71.0 Å². The first-order valence-electron chi connectivity index (χ1n) is 12.5. The highest BCUT2D eigenvalue weighted by Crippen LogP contribution is 2.52. The first-order chi connectivity index (χ1) is 16.1. The number of halogens is 1. The van der Waals surface area contributed by atoms with Crippen LogP contribution in [0, 0.1) is 5.82 Å². The number of carbonyl (C=O) groups is 2. The molecule has 0 aromatic heterocycles. The summed E-state index contributed by atoms with van der Waals surface area (Å²) in [6, 6.07) is 14.5. The fourth-order valence-corrected chi connectivity index (χ4v) is 6.60. The largest absolute Gasteiger partial charge is 0.355 e. The first kappa shape index (κ1) is 22.1. The van der Waals surface area contributed by atoms with Crippen LogP contribution in [0.5, 0.6) is 0 Å². The first-order valence-corrected chi connectivity index (χ1v) is 12.5. The minimum atomic E-state index is -0.434. The molecule has 2 fully saturated rings. The third-order valence-corrected chi connectivity index (χ3v) is 8.01. The Morgan fingerprint density at radius 1 is 1.00 bits per heavy atom. The molecule has 0 saturated heterocycles. The zero-order valence-electron chi connectivity index (χ0n) is 19.2. The van der Waals surface area contributed by atoms with Crippen molar-refractivity contribution in [1.82, 2.24) is 10.2 Å². The molecule has 5 heteroatoms. The van der Waals surface area contributed by atoms with Crippen molar-refractivity contribution in [2.24, 2.45) is 0 Å². The fraction of sp³-hybridized carbons (Fsp3) is 0.500. The van der Waals surface area contributed by atoms with E-state index in [2.05, 4.69) is 10.2 Å². The van der Waals surface area contributed by atoms with Crippen molar-refractivity contribution in [2.45, 2.75) is 81.7 Å². The molecule has 1 N–H and O–H groups in total. The highest BCUT2D eigenvalue weighted by atomic mass is 19.1. The van der Waals surface area contributed by atoms with Crippen molar-refractivity contribution < 1.29 is 14.0 Å². The minimum Gasteiger partial charge on any atom is -0.355 e. The van der Waals surface area contributed by atoms with Crippen LogP contribution in [0.1, 0.15) is 85.2 Å². The van der Waals surface area contributed by atoms with E-state index in [1.165, 1.54) is 18.6 Å². The lowest BCUT2D eigenvalue weighted by atomic mass is 9.69. The zero-order valence-corrected chi connectivity index (χ0v) is 19.2. The molecular weight excluding hydrogens is 415 g/mol. The maximum Gasteiger partial charge on any atom is 0.254 e. The van der Waals surface area contributed by atoms with Gasteiger partial charge in [-0.25, -0.2) is 4.39 Å². The van der Waals surface area contributed by atoms with Gasteiger partial charge in [-0.15, -0.1) is 0 Å². The van der Waals surface area contributed by atoms with Gasteiger partial charge in [-0.2, -0.15) is 0 Å². The van der Waals surface area contributed by atoms with E-state index in [0.29, 0.717) is 18.5 Å². The van der Waals surface area contributed by atoms with Crippen LogP contribution in [0.4, 0.5) is 4.39 Å². The lowest BCUT2D eigenvalue weighted by Gasteiger charge is -2.54. The van der Waals surface area contributed by atoms with Crippen LogP contribution in [-0.2, 0) is 11.2 Å². The molecule has 1 atom stereocenters. The van der Waals surface area contributed by atoms with Gasteiger partial charge in [0.15, 0.2) is 0 Å². The van der Waals surface area contributed by atoms with Crippen molar-refractivity contribution in [1.29, 1.82) is 0 Å². The smallest absolute Gasteiger partial charge is 0.254 e. The summed E-state index contributed by atoms with van der Waals surface area (Å²) in [5.41, 5.74) is 2.00. The van der Waals surface area contributed by atoms with Gasteiger partial charge in [0.25, 0.3) is 5.91 Å². The third-order valence-electron chi connectivity index (χ3n) is 8.01. The maximum absolute atomic E-state index is 13.8. The average molecular weight is 449 g/mol. The molecule has 0 bridgehead atoms. The normalized spacial score (nSPS) is 22.4. The molecule has 3 aliphatic rings. The summed E-state index contributed by atoms with van der Waals surface area (Å²) < 4.78 is 13.5. The summed E-state index contributed by atoms with van der Waals surface area (Å²) in [5, 5.41) is 3.15. The number of carbonyl (C=O) groups excluding carboxylic acids is 2. The zero-order chi connectivity index (χ0) is 22.8.